The normalized spacial score (nSPS) is 18.5. The number of morpholine rings is 1. The summed E-state index contributed by atoms with van der Waals surface area (Å²) in [6, 6.07) is 11.8. The Balaban J connectivity index is 1.42. The van der Waals surface area contributed by atoms with Crippen LogP contribution in [-0.2, 0) is 36.8 Å². The zero-order valence-corrected chi connectivity index (χ0v) is 21.9. The van der Waals surface area contributed by atoms with E-state index in [-0.39, 0.29) is 37.9 Å². The van der Waals surface area contributed by atoms with Crippen molar-refractivity contribution in [2.45, 2.75) is 32.0 Å². The Labute approximate surface area is 226 Å². The number of nitrogens with zero attached hydrogens (tertiary/aromatic N) is 4. The molecule has 2 aliphatic heterocycles. The van der Waals surface area contributed by atoms with Gasteiger partial charge in [-0.3, -0.25) is 19.2 Å². The molecular formula is C28H31N5O6. The molecule has 2 atom stereocenters. The number of nitrogens with one attached hydrogen (secondary N) is 1. The minimum absolute atomic E-state index is 0.0437. The minimum Gasteiger partial charge on any atom is -0.380 e. The van der Waals surface area contributed by atoms with Crippen LogP contribution in [0.4, 0.5) is 17.1 Å². The van der Waals surface area contributed by atoms with E-state index >= 15 is 0 Å². The smallest absolute Gasteiger partial charge is 0.259 e. The molecule has 39 heavy (non-hydrogen) atoms. The SMILES string of the molecule is [C-]#[N+]c1ccc(NC(=O)[C@H](O)[C@H]2OCCN(c3cccc(CC(=O)N4CCN(C)C(=O)C4)c3)C2=O)cc1CC. The van der Waals surface area contributed by atoms with Gasteiger partial charge in [-0.25, -0.2) is 4.85 Å². The molecule has 0 aliphatic carbocycles. The van der Waals surface area contributed by atoms with E-state index in [1.807, 2.05) is 6.92 Å². The zero-order chi connectivity index (χ0) is 28.1. The number of aliphatic hydroxyl groups is 1. The minimum atomic E-state index is -1.76. The van der Waals surface area contributed by atoms with Crippen molar-refractivity contribution in [3.63, 3.8) is 0 Å². The molecular weight excluding hydrogens is 502 g/mol. The van der Waals surface area contributed by atoms with Gasteiger partial charge in [0.2, 0.25) is 11.8 Å². The molecule has 2 fully saturated rings. The molecule has 2 aromatic carbocycles. The summed E-state index contributed by atoms with van der Waals surface area (Å²) in [4.78, 5) is 58.8. The molecule has 2 N–H and O–H groups in total. The van der Waals surface area contributed by atoms with Crippen LogP contribution in [0.1, 0.15) is 18.1 Å². The lowest BCUT2D eigenvalue weighted by atomic mass is 10.1. The molecule has 2 aliphatic rings. The maximum absolute atomic E-state index is 13.3. The predicted octanol–water partition coefficient (Wildman–Crippen LogP) is 1.37. The van der Waals surface area contributed by atoms with Crippen molar-refractivity contribution in [2.24, 2.45) is 0 Å². The Hall–Kier alpha value is -4.27. The Bertz CT molecular complexity index is 1320. The lowest BCUT2D eigenvalue weighted by Crippen LogP contribution is -2.55. The molecule has 4 amide bonds. The number of carbonyl (C=O) groups excluding carboxylic acids is 4. The summed E-state index contributed by atoms with van der Waals surface area (Å²) in [6.45, 7) is 10.4. The van der Waals surface area contributed by atoms with E-state index in [1.54, 1.807) is 54.4 Å². The maximum atomic E-state index is 13.3. The molecule has 0 radical (unpaired) electrons. The summed E-state index contributed by atoms with van der Waals surface area (Å²) in [7, 11) is 1.71. The molecule has 2 aromatic rings. The third kappa shape index (κ3) is 6.25. The standard InChI is InChI=1S/C28H31N5O6/c1-4-19-16-20(8-9-22(19)29-2)30-27(37)25(36)26-28(38)33(12-13-39-26)21-7-5-6-18(14-21)15-23(34)32-11-10-31(3)24(35)17-32/h5-9,14,16,25-26,36H,4,10-13,15,17H2,1,3H3,(H,30,37)/t25-,26-/m1/s1. The van der Waals surface area contributed by atoms with Gasteiger partial charge in [0.15, 0.2) is 17.9 Å². The van der Waals surface area contributed by atoms with Crippen molar-refractivity contribution in [1.29, 1.82) is 0 Å². The maximum Gasteiger partial charge on any atom is 0.259 e. The van der Waals surface area contributed by atoms with Crippen LogP contribution in [0.15, 0.2) is 42.5 Å². The number of aryl methyl sites for hydroxylation is 1. The lowest BCUT2D eigenvalue weighted by Gasteiger charge is -2.34. The van der Waals surface area contributed by atoms with Crippen molar-refractivity contribution in [3.8, 4) is 0 Å². The fraction of sp³-hybridized carbons (Fsp3) is 0.393. The highest BCUT2D eigenvalue weighted by Crippen LogP contribution is 2.25. The highest BCUT2D eigenvalue weighted by Gasteiger charge is 2.39. The average Bonchev–Trinajstić information content (AvgIpc) is 2.94. The second-order valence-corrected chi connectivity index (χ2v) is 9.50. The van der Waals surface area contributed by atoms with Gasteiger partial charge in [-0.15, -0.1) is 0 Å². The third-order valence-electron chi connectivity index (χ3n) is 6.91. The number of rotatable bonds is 7. The van der Waals surface area contributed by atoms with Crippen molar-refractivity contribution in [3.05, 3.63) is 65.0 Å². The molecule has 0 unspecified atom stereocenters. The highest BCUT2D eigenvalue weighted by atomic mass is 16.5. The van der Waals surface area contributed by atoms with Gasteiger partial charge in [0.05, 0.1) is 26.1 Å². The summed E-state index contributed by atoms with van der Waals surface area (Å²) < 4.78 is 5.50. The van der Waals surface area contributed by atoms with Crippen LogP contribution in [0.2, 0.25) is 0 Å². The van der Waals surface area contributed by atoms with Gasteiger partial charge in [-0.2, -0.15) is 0 Å². The van der Waals surface area contributed by atoms with Crippen LogP contribution in [0.3, 0.4) is 0 Å². The first kappa shape index (κ1) is 27.8. The van der Waals surface area contributed by atoms with Crippen LogP contribution in [0.25, 0.3) is 4.85 Å². The van der Waals surface area contributed by atoms with Crippen LogP contribution < -0.4 is 10.2 Å². The number of aliphatic hydroxyl groups excluding tert-OH is 1. The van der Waals surface area contributed by atoms with Crippen LogP contribution in [-0.4, -0.2) is 90.6 Å². The molecule has 11 nitrogen and oxygen atoms in total. The van der Waals surface area contributed by atoms with Crippen molar-refractivity contribution in [2.75, 3.05) is 50.1 Å². The van der Waals surface area contributed by atoms with Crippen LogP contribution in [0, 0.1) is 6.57 Å². The van der Waals surface area contributed by atoms with Gasteiger partial charge in [-0.1, -0.05) is 25.1 Å². The fourth-order valence-electron chi connectivity index (χ4n) is 4.59. The first-order valence-electron chi connectivity index (χ1n) is 12.7. The first-order valence-corrected chi connectivity index (χ1v) is 12.7. The summed E-state index contributed by atoms with van der Waals surface area (Å²) in [6.07, 6.45) is -2.50. The van der Waals surface area contributed by atoms with Crippen molar-refractivity contribution >= 4 is 40.7 Å². The molecule has 2 saturated heterocycles. The van der Waals surface area contributed by atoms with E-state index < -0.39 is 24.0 Å². The highest BCUT2D eigenvalue weighted by molar-refractivity contribution is 6.04. The first-order chi connectivity index (χ1) is 18.7. The summed E-state index contributed by atoms with van der Waals surface area (Å²) in [5, 5.41) is 13.3. The van der Waals surface area contributed by atoms with Gasteiger partial charge in [0.25, 0.3) is 11.8 Å². The number of amides is 4. The third-order valence-corrected chi connectivity index (χ3v) is 6.91. The van der Waals surface area contributed by atoms with Gasteiger partial charge in [0.1, 0.15) is 0 Å². The van der Waals surface area contributed by atoms with Gasteiger partial charge in [-0.05, 0) is 41.8 Å². The van der Waals surface area contributed by atoms with E-state index in [1.165, 1.54) is 9.80 Å². The molecule has 0 aromatic heterocycles. The monoisotopic (exact) mass is 533 g/mol. The molecule has 11 heteroatoms. The number of ether oxygens (including phenoxy) is 1. The number of piperazine rings is 1. The second-order valence-electron chi connectivity index (χ2n) is 9.50. The molecule has 204 valence electrons. The number of hydrogen-bond acceptors (Lipinski definition) is 6. The fourth-order valence-corrected chi connectivity index (χ4v) is 4.59. The van der Waals surface area contributed by atoms with Gasteiger partial charge >= 0.3 is 0 Å². The summed E-state index contributed by atoms with van der Waals surface area (Å²) in [5.74, 6) is -1.66. The van der Waals surface area contributed by atoms with Crippen molar-refractivity contribution < 1.29 is 29.0 Å². The molecule has 0 saturated carbocycles. The number of hydrogen-bond donors (Lipinski definition) is 2. The largest absolute Gasteiger partial charge is 0.380 e. The summed E-state index contributed by atoms with van der Waals surface area (Å²) >= 11 is 0. The second kappa shape index (κ2) is 12.1. The molecule has 0 spiro atoms. The van der Waals surface area contributed by atoms with Gasteiger partial charge < -0.3 is 29.9 Å². The number of carbonyl (C=O) groups is 4. The van der Waals surface area contributed by atoms with E-state index in [0.29, 0.717) is 42.1 Å². The molecule has 0 bridgehead atoms. The van der Waals surface area contributed by atoms with E-state index in [4.69, 9.17) is 11.3 Å². The zero-order valence-electron chi connectivity index (χ0n) is 21.9. The Kier molecular flexibility index (Phi) is 8.59. The lowest BCUT2D eigenvalue weighted by molar-refractivity contribution is -0.150. The van der Waals surface area contributed by atoms with Gasteiger partial charge in [0, 0.05) is 38.1 Å². The topological polar surface area (TPSA) is 124 Å². The van der Waals surface area contributed by atoms with E-state index in [2.05, 4.69) is 10.2 Å². The Morgan fingerprint density at radius 3 is 2.69 bits per heavy atom. The van der Waals surface area contributed by atoms with Crippen LogP contribution in [0.5, 0.6) is 0 Å². The predicted molar refractivity (Wildman–Crippen MR) is 143 cm³/mol. The average molecular weight is 534 g/mol. The molecule has 4 rings (SSSR count). The quantitative estimate of drug-likeness (QED) is 0.519. The molecule has 2 heterocycles. The Morgan fingerprint density at radius 2 is 1.97 bits per heavy atom. The van der Waals surface area contributed by atoms with E-state index in [9.17, 15) is 24.3 Å². The Morgan fingerprint density at radius 1 is 1.18 bits per heavy atom. The number of likely N-dealkylation sites (N-methyl/N-ethyl adjacent to an activating group) is 1. The number of benzene rings is 2. The number of anilines is 2. The summed E-state index contributed by atoms with van der Waals surface area (Å²) in [5.41, 5.74) is 2.84. The van der Waals surface area contributed by atoms with E-state index in [0.717, 1.165) is 5.56 Å². The van der Waals surface area contributed by atoms with Crippen molar-refractivity contribution in [1.82, 2.24) is 9.80 Å². The van der Waals surface area contributed by atoms with Crippen LogP contribution >= 0.6 is 0 Å².